The van der Waals surface area contributed by atoms with Crippen LogP contribution in [0.25, 0.3) is 11.0 Å². The third-order valence-electron chi connectivity index (χ3n) is 5.48. The number of hydrogen-bond acceptors (Lipinski definition) is 7. The van der Waals surface area contributed by atoms with Crippen LogP contribution >= 0.6 is 0 Å². The van der Waals surface area contributed by atoms with Crippen molar-refractivity contribution in [2.24, 2.45) is 5.92 Å². The van der Waals surface area contributed by atoms with E-state index >= 15 is 0 Å². The molecule has 2 unspecified atom stereocenters. The summed E-state index contributed by atoms with van der Waals surface area (Å²) in [4.78, 5) is 36.2. The summed E-state index contributed by atoms with van der Waals surface area (Å²) in [6.07, 6.45) is 0.443. The van der Waals surface area contributed by atoms with Gasteiger partial charge in [0.05, 0.1) is 10.9 Å². The lowest BCUT2D eigenvalue weighted by atomic mass is 9.89. The Balaban J connectivity index is 2.07. The van der Waals surface area contributed by atoms with E-state index < -0.39 is 23.4 Å². The quantitative estimate of drug-likeness (QED) is 0.454. The van der Waals surface area contributed by atoms with Gasteiger partial charge in [0.25, 0.3) is 0 Å². The summed E-state index contributed by atoms with van der Waals surface area (Å²) in [5, 5.41) is 11.7. The number of aromatic hydroxyl groups is 1. The van der Waals surface area contributed by atoms with Crippen molar-refractivity contribution in [2.45, 2.75) is 71.7 Å². The Labute approximate surface area is 168 Å². The summed E-state index contributed by atoms with van der Waals surface area (Å²) in [5.41, 5.74) is -0.0947. The molecule has 29 heavy (non-hydrogen) atoms. The van der Waals surface area contributed by atoms with Crippen molar-refractivity contribution in [1.82, 2.24) is 0 Å². The summed E-state index contributed by atoms with van der Waals surface area (Å²) in [5.74, 6) is -0.0746. The van der Waals surface area contributed by atoms with Gasteiger partial charge in [0.2, 0.25) is 0 Å². The third-order valence-corrected chi connectivity index (χ3v) is 5.48. The zero-order valence-electron chi connectivity index (χ0n) is 17.3. The minimum atomic E-state index is -0.745. The summed E-state index contributed by atoms with van der Waals surface area (Å²) in [6.45, 7) is 9.50. The van der Waals surface area contributed by atoms with Gasteiger partial charge in [0, 0.05) is 12.5 Å². The van der Waals surface area contributed by atoms with E-state index in [1.807, 2.05) is 34.6 Å². The lowest BCUT2D eigenvalue weighted by molar-refractivity contribution is -0.321. The maximum absolute atomic E-state index is 13.1. The lowest BCUT2D eigenvalue weighted by Gasteiger charge is -2.21. The molecule has 1 N–H and O–H groups in total. The molecule has 7 heteroatoms. The molecule has 0 aliphatic carbocycles. The summed E-state index contributed by atoms with van der Waals surface area (Å²) in [6, 6.07) is 1.43. The zero-order chi connectivity index (χ0) is 21.1. The fourth-order valence-corrected chi connectivity index (χ4v) is 4.20. The Kier molecular flexibility index (Phi) is 4.70. The van der Waals surface area contributed by atoms with Crippen molar-refractivity contribution in [3.63, 3.8) is 0 Å². The largest absolute Gasteiger partial charge is 0.507 e. The van der Waals surface area contributed by atoms with Crippen LogP contribution in [0.5, 0.6) is 11.5 Å². The highest BCUT2D eigenvalue weighted by atomic mass is 17.2. The number of benzene rings is 1. The topological polar surface area (TPSA) is 95.2 Å². The van der Waals surface area contributed by atoms with Crippen molar-refractivity contribution < 1.29 is 28.8 Å². The van der Waals surface area contributed by atoms with Crippen LogP contribution in [0.1, 0.15) is 75.0 Å². The van der Waals surface area contributed by atoms with Gasteiger partial charge < -0.3 is 14.3 Å². The van der Waals surface area contributed by atoms with Gasteiger partial charge >= 0.3 is 5.63 Å². The monoisotopic (exact) mass is 402 g/mol. The fraction of sp³-hybridized carbons (Fsp3) is 0.545. The molecule has 156 valence electrons. The van der Waals surface area contributed by atoms with E-state index in [-0.39, 0.29) is 35.0 Å². The van der Waals surface area contributed by atoms with E-state index in [9.17, 15) is 14.7 Å². The van der Waals surface area contributed by atoms with Crippen molar-refractivity contribution in [3.8, 4) is 11.5 Å². The molecule has 2 aliphatic rings. The van der Waals surface area contributed by atoms with Crippen molar-refractivity contribution in [1.29, 1.82) is 0 Å². The number of carbonyl (C=O) groups is 1. The first-order chi connectivity index (χ1) is 13.7. The Hall–Kier alpha value is -2.38. The average molecular weight is 402 g/mol. The van der Waals surface area contributed by atoms with Gasteiger partial charge in [-0.25, -0.2) is 14.6 Å². The van der Waals surface area contributed by atoms with Gasteiger partial charge in [-0.15, -0.1) is 0 Å². The highest BCUT2D eigenvalue weighted by Crippen LogP contribution is 2.56. The summed E-state index contributed by atoms with van der Waals surface area (Å²) < 4.78 is 11.7. The van der Waals surface area contributed by atoms with Crippen molar-refractivity contribution in [2.75, 3.05) is 0 Å². The van der Waals surface area contributed by atoms with Crippen LogP contribution in [0.2, 0.25) is 0 Å². The van der Waals surface area contributed by atoms with Crippen molar-refractivity contribution >= 4 is 16.8 Å². The van der Waals surface area contributed by atoms with Gasteiger partial charge in [-0.05, 0) is 31.7 Å². The van der Waals surface area contributed by atoms with Crippen LogP contribution < -0.4 is 10.4 Å². The minimum Gasteiger partial charge on any atom is -0.507 e. The molecule has 0 saturated carbocycles. The highest BCUT2D eigenvalue weighted by Gasteiger charge is 2.55. The number of phenolic OH excluding ortho intramolecular Hbond substituents is 1. The Bertz CT molecular complexity index is 1050. The summed E-state index contributed by atoms with van der Waals surface area (Å²) in [7, 11) is 0. The van der Waals surface area contributed by atoms with E-state index in [1.54, 1.807) is 0 Å². The fourth-order valence-electron chi connectivity index (χ4n) is 4.20. The SMILES string of the molecule is CCCc1cc(=O)oc2c(C(=O)CC(C)C)c(O)c3c(c12)OC1C3OOC1(C)C. The first-order valence-electron chi connectivity index (χ1n) is 10.1. The molecular formula is C22H26O7. The van der Waals surface area contributed by atoms with E-state index in [4.69, 9.17) is 18.9 Å². The molecule has 0 radical (unpaired) electrons. The molecule has 0 spiro atoms. The van der Waals surface area contributed by atoms with Crippen LogP contribution in [0.3, 0.4) is 0 Å². The van der Waals surface area contributed by atoms with E-state index in [0.717, 1.165) is 12.0 Å². The number of ether oxygens (including phenoxy) is 1. The standard InChI is InChI=1S/C22H26O7/c1-6-7-11-9-13(24)26-18-14(11)19-16(17(25)15(18)12(23)8-10(2)3)20-21(27-19)22(4,5)29-28-20/h9-10,20-21,25H,6-8H2,1-5H3. The maximum atomic E-state index is 13.1. The van der Waals surface area contributed by atoms with Crippen LogP contribution in [0, 0.1) is 5.92 Å². The number of aryl methyl sites for hydroxylation is 1. The number of rotatable bonds is 5. The van der Waals surface area contributed by atoms with Crippen LogP contribution in [-0.4, -0.2) is 22.6 Å². The molecule has 4 rings (SSSR count). The van der Waals surface area contributed by atoms with Crippen LogP contribution in [0.15, 0.2) is 15.3 Å². The number of ketones is 1. The second kappa shape index (κ2) is 6.85. The average Bonchev–Trinajstić information content (AvgIpc) is 3.12. The smallest absolute Gasteiger partial charge is 0.336 e. The number of Topliss-reactive ketones (excluding diaryl/α,β-unsaturated/α-hetero) is 1. The predicted molar refractivity (Wildman–Crippen MR) is 105 cm³/mol. The molecule has 1 saturated heterocycles. The van der Waals surface area contributed by atoms with Crippen LogP contribution in [-0.2, 0) is 16.2 Å². The maximum Gasteiger partial charge on any atom is 0.336 e. The third kappa shape index (κ3) is 3.04. The molecule has 1 aromatic carbocycles. The van der Waals surface area contributed by atoms with Crippen molar-refractivity contribution in [3.05, 3.63) is 33.2 Å². The van der Waals surface area contributed by atoms with Gasteiger partial charge in [-0.2, -0.15) is 0 Å². The Morgan fingerprint density at radius 1 is 1.31 bits per heavy atom. The van der Waals surface area contributed by atoms with Gasteiger partial charge in [0.15, 0.2) is 23.6 Å². The second-order valence-electron chi connectivity index (χ2n) is 8.77. The number of hydrogen-bond donors (Lipinski definition) is 1. The molecule has 3 heterocycles. The number of carbonyl (C=O) groups excluding carboxylic acids is 1. The lowest BCUT2D eigenvalue weighted by Crippen LogP contribution is -2.36. The van der Waals surface area contributed by atoms with Gasteiger partial charge in [0.1, 0.15) is 22.7 Å². The van der Waals surface area contributed by atoms with E-state index in [0.29, 0.717) is 23.1 Å². The first-order valence-corrected chi connectivity index (χ1v) is 10.1. The van der Waals surface area contributed by atoms with Crippen LogP contribution in [0.4, 0.5) is 0 Å². The molecular weight excluding hydrogens is 376 g/mol. The summed E-state index contributed by atoms with van der Waals surface area (Å²) >= 11 is 0. The molecule has 7 nitrogen and oxygen atoms in total. The van der Waals surface area contributed by atoms with Gasteiger partial charge in [-0.1, -0.05) is 27.2 Å². The molecule has 1 fully saturated rings. The highest BCUT2D eigenvalue weighted by molar-refractivity contribution is 6.11. The predicted octanol–water partition coefficient (Wildman–Crippen LogP) is 4.22. The Morgan fingerprint density at radius 2 is 2.03 bits per heavy atom. The molecule has 2 aliphatic heterocycles. The molecule has 1 aromatic heterocycles. The van der Waals surface area contributed by atoms with Gasteiger partial charge in [-0.3, -0.25) is 4.79 Å². The number of fused-ring (bicyclic) bond motifs is 5. The zero-order valence-corrected chi connectivity index (χ0v) is 17.3. The molecule has 2 atom stereocenters. The Morgan fingerprint density at radius 3 is 2.69 bits per heavy atom. The minimum absolute atomic E-state index is 0.0139. The molecule has 0 bridgehead atoms. The molecule has 2 aromatic rings. The van der Waals surface area contributed by atoms with E-state index in [2.05, 4.69) is 0 Å². The second-order valence-corrected chi connectivity index (χ2v) is 8.77. The normalized spacial score (nSPS) is 22.0. The first kappa shape index (κ1) is 19.9. The van der Waals surface area contributed by atoms with E-state index in [1.165, 1.54) is 6.07 Å². The molecule has 0 amide bonds. The number of phenols is 1.